The fourth-order valence-corrected chi connectivity index (χ4v) is 7.02. The van der Waals surface area contributed by atoms with Gasteiger partial charge in [-0.2, -0.15) is 0 Å². The lowest BCUT2D eigenvalue weighted by atomic mass is 10.1. The molecule has 0 aliphatic carbocycles. The molecule has 0 bridgehead atoms. The quantitative estimate of drug-likeness (QED) is 0.169. The van der Waals surface area contributed by atoms with Crippen molar-refractivity contribution < 1.29 is 4.74 Å². The van der Waals surface area contributed by atoms with E-state index in [-0.39, 0.29) is 0 Å². The van der Waals surface area contributed by atoms with Gasteiger partial charge in [0.15, 0.2) is 5.82 Å². The Morgan fingerprint density at radius 2 is 1.09 bits per heavy atom. The molecule has 1 N–H and O–H groups in total. The van der Waals surface area contributed by atoms with Crippen molar-refractivity contribution in [3.63, 3.8) is 0 Å². The fraction of sp³-hybridized carbons (Fsp3) is 0. The molecule has 0 spiro atoms. The molecule has 5 nitrogen and oxygen atoms in total. The summed E-state index contributed by atoms with van der Waals surface area (Å²) >= 11 is 13.0. The van der Waals surface area contributed by atoms with E-state index in [1.165, 1.54) is 0 Å². The highest BCUT2D eigenvalue weighted by Gasteiger charge is 2.17. The first-order valence-corrected chi connectivity index (χ1v) is 18.0. The minimum atomic E-state index is 0.545. The summed E-state index contributed by atoms with van der Waals surface area (Å²) in [4.78, 5) is 10.2. The maximum absolute atomic E-state index is 6.55. The Morgan fingerprint density at radius 1 is 0.491 bits per heavy atom. The number of benzene rings is 7. The van der Waals surface area contributed by atoms with Crippen molar-refractivity contribution in [1.82, 2.24) is 14.5 Å². The second-order valence-corrected chi connectivity index (χ2v) is 13.4. The van der Waals surface area contributed by atoms with Crippen LogP contribution in [0, 0.1) is 0 Å². The first kappa shape index (κ1) is 32.5. The Kier molecular flexibility index (Phi) is 8.56. The SMILES string of the molecule is Clc1ccccc1Nc1ccc2c3ccc(Oc4ccccc4Cl)cc3n(-c3cccc(-c4nc(-c5ccccc5)cc(-c5ccccc5)n4)c3)c2c1. The standard InChI is InChI=1S/C46H30Cl2N4O/c47-38-18-7-9-20-40(38)49-33-22-24-36-37-25-23-35(53-45-21-10-8-19-39(45)48)28-44(37)52(43(36)27-33)34-17-11-16-32(26-34)46-50-41(30-12-3-1-4-13-30)29-42(51-46)31-14-5-2-6-15-31/h1-29,49H. The minimum Gasteiger partial charge on any atom is -0.456 e. The molecule has 7 aromatic carbocycles. The molecule has 0 fully saturated rings. The molecule has 0 saturated carbocycles. The number of hydrogen-bond donors (Lipinski definition) is 1. The molecule has 2 aromatic heterocycles. The first-order chi connectivity index (χ1) is 26.1. The van der Waals surface area contributed by atoms with Gasteiger partial charge in [-0.1, -0.05) is 126 Å². The molecule has 9 rings (SSSR count). The van der Waals surface area contributed by atoms with Crippen LogP contribution < -0.4 is 10.1 Å². The molecular weight excluding hydrogens is 695 g/mol. The summed E-state index contributed by atoms with van der Waals surface area (Å²) in [6.07, 6.45) is 0. The fourth-order valence-electron chi connectivity index (χ4n) is 6.66. The predicted molar refractivity (Wildman–Crippen MR) is 219 cm³/mol. The van der Waals surface area contributed by atoms with Crippen LogP contribution in [0.5, 0.6) is 11.5 Å². The number of nitrogens with zero attached hydrogens (tertiary/aromatic N) is 3. The number of hydrogen-bond acceptors (Lipinski definition) is 4. The van der Waals surface area contributed by atoms with Crippen molar-refractivity contribution in [1.29, 1.82) is 0 Å². The molecule has 0 saturated heterocycles. The van der Waals surface area contributed by atoms with Gasteiger partial charge < -0.3 is 14.6 Å². The zero-order valence-corrected chi connectivity index (χ0v) is 29.8. The zero-order chi connectivity index (χ0) is 35.7. The second-order valence-electron chi connectivity index (χ2n) is 12.6. The van der Waals surface area contributed by atoms with E-state index in [1.807, 2.05) is 91.0 Å². The van der Waals surface area contributed by atoms with E-state index in [4.69, 9.17) is 37.9 Å². The summed E-state index contributed by atoms with van der Waals surface area (Å²) in [6, 6.07) is 58.6. The van der Waals surface area contributed by atoms with Crippen LogP contribution in [0.1, 0.15) is 0 Å². The number of halogens is 2. The van der Waals surface area contributed by atoms with Gasteiger partial charge in [0.05, 0.1) is 38.2 Å². The molecule has 2 heterocycles. The number of fused-ring (bicyclic) bond motifs is 3. The first-order valence-electron chi connectivity index (χ1n) is 17.2. The maximum atomic E-state index is 6.55. The van der Waals surface area contributed by atoms with E-state index >= 15 is 0 Å². The number of para-hydroxylation sites is 2. The third-order valence-corrected chi connectivity index (χ3v) is 9.83. The van der Waals surface area contributed by atoms with Crippen LogP contribution in [0.25, 0.3) is 61.4 Å². The normalized spacial score (nSPS) is 11.2. The molecule has 0 radical (unpaired) electrons. The van der Waals surface area contributed by atoms with Crippen LogP contribution in [0.2, 0.25) is 10.0 Å². The van der Waals surface area contributed by atoms with Gasteiger partial charge in [-0.15, -0.1) is 0 Å². The summed E-state index contributed by atoms with van der Waals surface area (Å²) in [5, 5.41) is 6.88. The van der Waals surface area contributed by atoms with E-state index in [9.17, 15) is 0 Å². The second kappa shape index (κ2) is 14.0. The predicted octanol–water partition coefficient (Wildman–Crippen LogP) is 13.4. The molecular formula is C46H30Cl2N4O. The van der Waals surface area contributed by atoms with Gasteiger partial charge in [-0.25, -0.2) is 9.97 Å². The number of ether oxygens (including phenoxy) is 1. The Hall–Kier alpha value is -6.40. The van der Waals surface area contributed by atoms with Crippen molar-refractivity contribution in [2.75, 3.05) is 5.32 Å². The summed E-state index contributed by atoms with van der Waals surface area (Å²) in [7, 11) is 0. The topological polar surface area (TPSA) is 52.0 Å². The summed E-state index contributed by atoms with van der Waals surface area (Å²) in [5.74, 6) is 1.90. The van der Waals surface area contributed by atoms with Gasteiger partial charge in [-0.3, -0.25) is 0 Å². The van der Waals surface area contributed by atoms with Crippen molar-refractivity contribution in [2.45, 2.75) is 0 Å². The van der Waals surface area contributed by atoms with Crippen LogP contribution in [0.15, 0.2) is 176 Å². The van der Waals surface area contributed by atoms with Gasteiger partial charge in [0.1, 0.15) is 11.5 Å². The molecule has 7 heteroatoms. The van der Waals surface area contributed by atoms with Crippen LogP contribution in [0.3, 0.4) is 0 Å². The number of rotatable bonds is 8. The van der Waals surface area contributed by atoms with Crippen molar-refractivity contribution in [3.05, 3.63) is 186 Å². The highest BCUT2D eigenvalue weighted by Crippen LogP contribution is 2.39. The Balaban J connectivity index is 1.23. The minimum absolute atomic E-state index is 0.545. The molecule has 0 aliphatic rings. The van der Waals surface area contributed by atoms with Crippen LogP contribution in [-0.2, 0) is 0 Å². The zero-order valence-electron chi connectivity index (χ0n) is 28.2. The van der Waals surface area contributed by atoms with Crippen molar-refractivity contribution in [3.8, 4) is 51.1 Å². The Bertz CT molecular complexity index is 2600. The third-order valence-electron chi connectivity index (χ3n) is 9.18. The third kappa shape index (κ3) is 6.49. The molecule has 53 heavy (non-hydrogen) atoms. The van der Waals surface area contributed by atoms with Crippen LogP contribution in [-0.4, -0.2) is 14.5 Å². The monoisotopic (exact) mass is 724 g/mol. The van der Waals surface area contributed by atoms with Gasteiger partial charge in [0.2, 0.25) is 0 Å². The molecule has 0 unspecified atom stereocenters. The summed E-state index contributed by atoms with van der Waals surface area (Å²) in [6.45, 7) is 0. The van der Waals surface area contributed by atoms with Crippen molar-refractivity contribution >= 4 is 56.4 Å². The van der Waals surface area contributed by atoms with Gasteiger partial charge >= 0.3 is 0 Å². The number of anilines is 2. The Morgan fingerprint density at radius 3 is 1.79 bits per heavy atom. The number of nitrogens with one attached hydrogen (secondary N) is 1. The molecule has 0 amide bonds. The molecule has 254 valence electrons. The molecule has 0 aliphatic heterocycles. The maximum Gasteiger partial charge on any atom is 0.160 e. The average molecular weight is 726 g/mol. The van der Waals surface area contributed by atoms with E-state index in [0.717, 1.165) is 66.9 Å². The van der Waals surface area contributed by atoms with Crippen LogP contribution in [0.4, 0.5) is 11.4 Å². The number of aromatic nitrogens is 3. The van der Waals surface area contributed by atoms with Gasteiger partial charge in [-0.05, 0) is 66.7 Å². The van der Waals surface area contributed by atoms with Crippen molar-refractivity contribution in [2.24, 2.45) is 0 Å². The van der Waals surface area contributed by atoms with Gasteiger partial charge in [0.25, 0.3) is 0 Å². The van der Waals surface area contributed by atoms with E-state index in [2.05, 4.69) is 94.8 Å². The highest BCUT2D eigenvalue weighted by molar-refractivity contribution is 6.33. The lowest BCUT2D eigenvalue weighted by Crippen LogP contribution is -1.99. The molecule has 9 aromatic rings. The average Bonchev–Trinajstić information content (AvgIpc) is 3.53. The van der Waals surface area contributed by atoms with Gasteiger partial charge in [0, 0.05) is 44.9 Å². The highest BCUT2D eigenvalue weighted by atomic mass is 35.5. The van der Waals surface area contributed by atoms with E-state index in [1.54, 1.807) is 0 Å². The largest absolute Gasteiger partial charge is 0.456 e. The van der Waals surface area contributed by atoms with E-state index in [0.29, 0.717) is 27.4 Å². The lowest BCUT2D eigenvalue weighted by Gasteiger charge is -2.13. The van der Waals surface area contributed by atoms with Crippen LogP contribution >= 0.6 is 23.2 Å². The summed E-state index contributed by atoms with van der Waals surface area (Å²) < 4.78 is 8.59. The van der Waals surface area contributed by atoms with E-state index < -0.39 is 0 Å². The lowest BCUT2D eigenvalue weighted by molar-refractivity contribution is 0.483. The summed E-state index contributed by atoms with van der Waals surface area (Å²) in [5.41, 5.74) is 9.31. The smallest absolute Gasteiger partial charge is 0.160 e. The Labute approximate surface area is 316 Å². The molecule has 0 atom stereocenters.